The van der Waals surface area contributed by atoms with Crippen molar-refractivity contribution in [1.82, 2.24) is 15.1 Å². The van der Waals surface area contributed by atoms with E-state index in [1.54, 1.807) is 0 Å². The molecule has 1 aromatic carbocycles. The van der Waals surface area contributed by atoms with Crippen LogP contribution in [0.25, 0.3) is 0 Å². The first-order valence-corrected chi connectivity index (χ1v) is 11.5. The molecule has 0 radical (unpaired) electrons. The van der Waals surface area contributed by atoms with Gasteiger partial charge in [-0.1, -0.05) is 19.1 Å². The number of amides is 1. The fraction of sp³-hybridized carbons (Fsp3) is 0.625. The Kier molecular flexibility index (Phi) is 8.12. The van der Waals surface area contributed by atoms with E-state index in [-0.39, 0.29) is 35.9 Å². The van der Waals surface area contributed by atoms with Crippen molar-refractivity contribution in [2.24, 2.45) is 16.8 Å². The monoisotopic (exact) mass is 444 g/mol. The predicted octanol–water partition coefficient (Wildman–Crippen LogP) is 2.14. The molecule has 4 atom stereocenters. The summed E-state index contributed by atoms with van der Waals surface area (Å²) in [5, 5.41) is 3.32. The first kappa shape index (κ1) is 24.0. The largest absolute Gasteiger partial charge is 0.469 e. The van der Waals surface area contributed by atoms with Gasteiger partial charge in [-0.25, -0.2) is 4.99 Å². The van der Waals surface area contributed by atoms with Crippen LogP contribution in [-0.4, -0.2) is 79.7 Å². The van der Waals surface area contributed by atoms with Gasteiger partial charge in [-0.05, 0) is 44.4 Å². The van der Waals surface area contributed by atoms with Gasteiger partial charge in [0.25, 0.3) is 5.91 Å². The highest BCUT2D eigenvalue weighted by Gasteiger charge is 2.36. The number of hydrogen-bond acceptors (Lipinski definition) is 5. The SMILES string of the molecule is CCNC(=NCc1ccc(C(=O)N2CC(C)OC(C)C2)cc1)N1CC(C)C(C(=O)OC)C1. The lowest BCUT2D eigenvalue weighted by molar-refractivity contribution is -0.145. The third-order valence-corrected chi connectivity index (χ3v) is 6.07. The summed E-state index contributed by atoms with van der Waals surface area (Å²) in [6, 6.07) is 7.65. The first-order valence-electron chi connectivity index (χ1n) is 11.5. The van der Waals surface area contributed by atoms with Crippen LogP contribution in [0.15, 0.2) is 29.3 Å². The lowest BCUT2D eigenvalue weighted by Gasteiger charge is -2.35. The standard InChI is InChI=1S/C24H36N4O4/c1-6-25-24(28-12-16(2)21(15-28)23(30)31-5)26-11-19-7-9-20(10-8-19)22(29)27-13-17(3)32-18(4)14-27/h7-10,16-18,21H,6,11-15H2,1-5H3,(H,25,26). The van der Waals surface area contributed by atoms with Gasteiger partial charge in [0.05, 0.1) is 31.8 Å². The highest BCUT2D eigenvalue weighted by molar-refractivity contribution is 5.94. The fourth-order valence-corrected chi connectivity index (χ4v) is 4.47. The number of carbonyl (C=O) groups excluding carboxylic acids is 2. The van der Waals surface area contributed by atoms with Crippen LogP contribution < -0.4 is 5.32 Å². The first-order chi connectivity index (χ1) is 15.3. The summed E-state index contributed by atoms with van der Waals surface area (Å²) >= 11 is 0. The number of guanidine groups is 1. The molecule has 8 nitrogen and oxygen atoms in total. The smallest absolute Gasteiger partial charge is 0.310 e. The van der Waals surface area contributed by atoms with E-state index < -0.39 is 0 Å². The number of carbonyl (C=O) groups is 2. The average Bonchev–Trinajstić information content (AvgIpc) is 3.16. The molecule has 1 amide bonds. The van der Waals surface area contributed by atoms with Crippen molar-refractivity contribution in [2.45, 2.75) is 46.4 Å². The number of morpholine rings is 1. The lowest BCUT2D eigenvalue weighted by atomic mass is 9.99. The lowest BCUT2D eigenvalue weighted by Crippen LogP contribution is -2.48. The maximum absolute atomic E-state index is 12.9. The van der Waals surface area contributed by atoms with Crippen LogP contribution in [0, 0.1) is 11.8 Å². The number of aliphatic imine (C=N–C) groups is 1. The number of methoxy groups -OCH3 is 1. The third-order valence-electron chi connectivity index (χ3n) is 6.07. The number of benzene rings is 1. The average molecular weight is 445 g/mol. The molecule has 0 aliphatic carbocycles. The zero-order valence-electron chi connectivity index (χ0n) is 19.8. The molecule has 0 bridgehead atoms. The summed E-state index contributed by atoms with van der Waals surface area (Å²) in [6.45, 7) is 11.9. The Morgan fingerprint density at radius 1 is 1.06 bits per heavy atom. The van der Waals surface area contributed by atoms with Crippen molar-refractivity contribution in [2.75, 3.05) is 39.8 Å². The maximum atomic E-state index is 12.9. The normalized spacial score (nSPS) is 26.2. The minimum atomic E-state index is -0.167. The molecule has 2 aliphatic heterocycles. The van der Waals surface area contributed by atoms with E-state index in [0.717, 1.165) is 24.6 Å². The quantitative estimate of drug-likeness (QED) is 0.426. The van der Waals surface area contributed by atoms with Gasteiger partial charge in [0.1, 0.15) is 0 Å². The fourth-order valence-electron chi connectivity index (χ4n) is 4.47. The van der Waals surface area contributed by atoms with Crippen molar-refractivity contribution in [3.63, 3.8) is 0 Å². The van der Waals surface area contributed by atoms with Crippen LogP contribution in [0.1, 0.15) is 43.6 Å². The second-order valence-corrected chi connectivity index (χ2v) is 8.85. The van der Waals surface area contributed by atoms with Gasteiger partial charge in [0, 0.05) is 38.3 Å². The van der Waals surface area contributed by atoms with Gasteiger partial charge in [-0.15, -0.1) is 0 Å². The summed E-state index contributed by atoms with van der Waals surface area (Å²) in [7, 11) is 1.44. The van der Waals surface area contributed by atoms with Crippen molar-refractivity contribution < 1.29 is 19.1 Å². The van der Waals surface area contributed by atoms with Gasteiger partial charge in [-0.2, -0.15) is 0 Å². The van der Waals surface area contributed by atoms with Crippen LogP contribution in [0.4, 0.5) is 0 Å². The Labute approximate surface area is 191 Å². The van der Waals surface area contributed by atoms with E-state index in [2.05, 4.69) is 17.1 Å². The summed E-state index contributed by atoms with van der Waals surface area (Å²) in [4.78, 5) is 33.6. The number of hydrogen-bond donors (Lipinski definition) is 1. The zero-order valence-corrected chi connectivity index (χ0v) is 19.8. The second kappa shape index (κ2) is 10.8. The molecule has 176 valence electrons. The van der Waals surface area contributed by atoms with Gasteiger partial charge in [0.15, 0.2) is 5.96 Å². The maximum Gasteiger partial charge on any atom is 0.310 e. The molecular formula is C24H36N4O4. The summed E-state index contributed by atoms with van der Waals surface area (Å²) in [5.74, 6) is 0.736. The number of nitrogens with zero attached hydrogens (tertiary/aromatic N) is 3. The van der Waals surface area contributed by atoms with E-state index in [9.17, 15) is 9.59 Å². The Balaban J connectivity index is 1.64. The molecule has 2 aliphatic rings. The number of nitrogens with one attached hydrogen (secondary N) is 1. The Hall–Kier alpha value is -2.61. The predicted molar refractivity (Wildman–Crippen MR) is 123 cm³/mol. The molecule has 0 saturated carbocycles. The van der Waals surface area contributed by atoms with Gasteiger partial charge in [0.2, 0.25) is 0 Å². The second-order valence-electron chi connectivity index (χ2n) is 8.85. The highest BCUT2D eigenvalue weighted by atomic mass is 16.5. The van der Waals surface area contributed by atoms with Crippen molar-refractivity contribution in [3.05, 3.63) is 35.4 Å². The Morgan fingerprint density at radius 3 is 2.31 bits per heavy atom. The summed E-state index contributed by atoms with van der Waals surface area (Å²) in [6.07, 6.45) is 0.0979. The van der Waals surface area contributed by atoms with Crippen molar-refractivity contribution >= 4 is 17.8 Å². The van der Waals surface area contributed by atoms with E-state index in [1.807, 2.05) is 49.9 Å². The van der Waals surface area contributed by atoms with E-state index >= 15 is 0 Å². The van der Waals surface area contributed by atoms with Crippen LogP contribution >= 0.6 is 0 Å². The molecule has 3 rings (SSSR count). The Morgan fingerprint density at radius 2 is 1.72 bits per heavy atom. The summed E-state index contributed by atoms with van der Waals surface area (Å²) in [5.41, 5.74) is 1.71. The molecular weight excluding hydrogens is 408 g/mol. The number of ether oxygens (including phenoxy) is 2. The number of likely N-dealkylation sites (tertiary alicyclic amines) is 1. The number of rotatable bonds is 5. The third kappa shape index (κ3) is 5.79. The van der Waals surface area contributed by atoms with Crippen LogP contribution in [0.5, 0.6) is 0 Å². The number of esters is 1. The molecule has 1 aromatic rings. The molecule has 2 saturated heterocycles. The topological polar surface area (TPSA) is 83.5 Å². The van der Waals surface area contributed by atoms with Crippen LogP contribution in [-0.2, 0) is 20.8 Å². The molecule has 32 heavy (non-hydrogen) atoms. The highest BCUT2D eigenvalue weighted by Crippen LogP contribution is 2.24. The van der Waals surface area contributed by atoms with Crippen LogP contribution in [0.3, 0.4) is 0 Å². The molecule has 4 unspecified atom stereocenters. The van der Waals surface area contributed by atoms with Gasteiger partial charge in [-0.3, -0.25) is 9.59 Å². The van der Waals surface area contributed by atoms with Crippen LogP contribution in [0.2, 0.25) is 0 Å². The minimum absolute atomic E-state index is 0.0373. The van der Waals surface area contributed by atoms with E-state index in [1.165, 1.54) is 7.11 Å². The van der Waals surface area contributed by atoms with E-state index in [4.69, 9.17) is 14.5 Å². The van der Waals surface area contributed by atoms with Gasteiger partial charge >= 0.3 is 5.97 Å². The molecule has 2 fully saturated rings. The van der Waals surface area contributed by atoms with Crippen molar-refractivity contribution in [3.8, 4) is 0 Å². The Bertz CT molecular complexity index is 816. The molecule has 8 heteroatoms. The molecule has 0 aromatic heterocycles. The minimum Gasteiger partial charge on any atom is -0.469 e. The summed E-state index contributed by atoms with van der Waals surface area (Å²) < 4.78 is 10.7. The molecule has 1 N–H and O–H groups in total. The van der Waals surface area contributed by atoms with Crippen molar-refractivity contribution in [1.29, 1.82) is 0 Å². The molecule has 0 spiro atoms. The van der Waals surface area contributed by atoms with E-state index in [0.29, 0.717) is 31.7 Å². The zero-order chi connectivity index (χ0) is 23.3. The van der Waals surface area contributed by atoms with Gasteiger partial charge < -0.3 is 24.6 Å². The molecule has 2 heterocycles.